The predicted octanol–water partition coefficient (Wildman–Crippen LogP) is 2.79. The van der Waals surface area contributed by atoms with Gasteiger partial charge in [0.25, 0.3) is 0 Å². The van der Waals surface area contributed by atoms with E-state index >= 15 is 0 Å². The number of halogens is 2. The summed E-state index contributed by atoms with van der Waals surface area (Å²) in [6.07, 6.45) is 3.77. The Balaban J connectivity index is 1.96. The van der Waals surface area contributed by atoms with Crippen LogP contribution in [0.3, 0.4) is 0 Å². The molecule has 3 N–H and O–H groups in total. The van der Waals surface area contributed by atoms with Gasteiger partial charge >= 0.3 is 0 Å². The van der Waals surface area contributed by atoms with Crippen molar-refractivity contribution in [1.82, 2.24) is 9.78 Å². The van der Waals surface area contributed by atoms with Gasteiger partial charge in [-0.05, 0) is 34.5 Å². The molecular formula is C12H14BrFN4. The van der Waals surface area contributed by atoms with Crippen molar-refractivity contribution in [2.75, 3.05) is 17.6 Å². The Bertz CT molecular complexity index is 553. The molecular weight excluding hydrogens is 299 g/mol. The molecule has 0 saturated carbocycles. The maximum atomic E-state index is 13.2. The topological polar surface area (TPSA) is 55.9 Å². The van der Waals surface area contributed by atoms with E-state index < -0.39 is 0 Å². The van der Waals surface area contributed by atoms with Crippen molar-refractivity contribution in [2.45, 2.75) is 13.5 Å². The highest BCUT2D eigenvalue weighted by Gasteiger charge is 2.05. The van der Waals surface area contributed by atoms with Gasteiger partial charge in [0.15, 0.2) is 0 Å². The maximum Gasteiger partial charge on any atom is 0.139 e. The summed E-state index contributed by atoms with van der Waals surface area (Å²) in [5.74, 6) is -0.360. The Morgan fingerprint density at radius 2 is 2.28 bits per heavy atom. The highest BCUT2D eigenvalue weighted by molar-refractivity contribution is 9.10. The maximum absolute atomic E-state index is 13.2. The van der Waals surface area contributed by atoms with E-state index in [1.807, 2.05) is 24.0 Å². The number of hydrogen-bond donors (Lipinski definition) is 2. The number of nitrogens with zero attached hydrogens (tertiary/aromatic N) is 2. The third kappa shape index (κ3) is 3.01. The van der Waals surface area contributed by atoms with E-state index in [1.165, 1.54) is 6.07 Å². The second kappa shape index (κ2) is 5.39. The van der Waals surface area contributed by atoms with Crippen LogP contribution in [0.15, 0.2) is 29.0 Å². The fraction of sp³-hybridized carbons (Fsp3) is 0.250. The zero-order valence-corrected chi connectivity index (χ0v) is 11.5. The highest BCUT2D eigenvalue weighted by Crippen LogP contribution is 2.26. The molecule has 0 unspecified atom stereocenters. The molecule has 4 nitrogen and oxygen atoms in total. The fourth-order valence-corrected chi connectivity index (χ4v) is 1.95. The highest BCUT2D eigenvalue weighted by atomic mass is 79.9. The van der Waals surface area contributed by atoms with E-state index in [0.717, 1.165) is 12.1 Å². The summed E-state index contributed by atoms with van der Waals surface area (Å²) in [4.78, 5) is 0. The average molecular weight is 313 g/mol. The van der Waals surface area contributed by atoms with Crippen LogP contribution in [0.1, 0.15) is 5.56 Å². The first-order chi connectivity index (χ1) is 8.56. The molecule has 2 aromatic rings. The lowest BCUT2D eigenvalue weighted by atomic mass is 10.2. The van der Waals surface area contributed by atoms with Crippen LogP contribution in [-0.2, 0) is 6.54 Å². The summed E-state index contributed by atoms with van der Waals surface area (Å²) < 4.78 is 15.4. The third-order valence-corrected chi connectivity index (χ3v) is 3.12. The number of aromatic nitrogens is 2. The quantitative estimate of drug-likeness (QED) is 0.854. The van der Waals surface area contributed by atoms with Gasteiger partial charge in [-0.15, -0.1) is 0 Å². The molecule has 2 rings (SSSR count). The zero-order valence-electron chi connectivity index (χ0n) is 9.95. The van der Waals surface area contributed by atoms with Crippen molar-refractivity contribution in [3.63, 3.8) is 0 Å². The first kappa shape index (κ1) is 12.9. The number of nitrogens with one attached hydrogen (secondary N) is 1. The zero-order chi connectivity index (χ0) is 13.1. The van der Waals surface area contributed by atoms with E-state index in [0.29, 0.717) is 22.4 Å². The molecule has 0 atom stereocenters. The molecule has 0 aliphatic heterocycles. The molecule has 0 aliphatic carbocycles. The van der Waals surface area contributed by atoms with Crippen LogP contribution in [0.25, 0.3) is 0 Å². The minimum atomic E-state index is -0.360. The molecule has 1 aromatic heterocycles. The summed E-state index contributed by atoms with van der Waals surface area (Å²) in [5.41, 5.74) is 7.96. The normalized spacial score (nSPS) is 10.6. The van der Waals surface area contributed by atoms with Gasteiger partial charge in [-0.2, -0.15) is 5.10 Å². The molecule has 0 spiro atoms. The Labute approximate surface area is 113 Å². The first-order valence-electron chi connectivity index (χ1n) is 5.53. The molecule has 96 valence electrons. The van der Waals surface area contributed by atoms with Gasteiger partial charge in [0, 0.05) is 18.8 Å². The molecule has 6 heteroatoms. The summed E-state index contributed by atoms with van der Waals surface area (Å²) in [5, 5.41) is 7.33. The Morgan fingerprint density at radius 1 is 1.50 bits per heavy atom. The smallest absolute Gasteiger partial charge is 0.139 e. The van der Waals surface area contributed by atoms with E-state index in [9.17, 15) is 4.39 Å². The summed E-state index contributed by atoms with van der Waals surface area (Å²) in [7, 11) is 0. The minimum absolute atomic E-state index is 0.360. The van der Waals surface area contributed by atoms with Crippen LogP contribution in [0.2, 0.25) is 0 Å². The van der Waals surface area contributed by atoms with Crippen LogP contribution in [0.5, 0.6) is 0 Å². The van der Waals surface area contributed by atoms with Crippen molar-refractivity contribution in [1.29, 1.82) is 0 Å². The molecule has 0 radical (unpaired) electrons. The van der Waals surface area contributed by atoms with Gasteiger partial charge < -0.3 is 11.1 Å². The van der Waals surface area contributed by atoms with Crippen molar-refractivity contribution in [2.24, 2.45) is 0 Å². The molecule has 1 heterocycles. The van der Waals surface area contributed by atoms with E-state index in [-0.39, 0.29) is 5.82 Å². The molecule has 0 aliphatic rings. The van der Waals surface area contributed by atoms with Gasteiger partial charge in [-0.25, -0.2) is 4.39 Å². The summed E-state index contributed by atoms with van der Waals surface area (Å²) in [6, 6.07) is 2.93. The van der Waals surface area contributed by atoms with E-state index in [2.05, 4.69) is 26.3 Å². The largest absolute Gasteiger partial charge is 0.397 e. The number of rotatable bonds is 4. The van der Waals surface area contributed by atoms with Crippen LogP contribution in [0.4, 0.5) is 15.8 Å². The van der Waals surface area contributed by atoms with Crippen molar-refractivity contribution in [3.8, 4) is 0 Å². The molecule has 1 aromatic carbocycles. The second-order valence-corrected chi connectivity index (χ2v) is 4.92. The molecule has 0 amide bonds. The molecule has 0 fully saturated rings. The lowest BCUT2D eigenvalue weighted by Gasteiger charge is -2.10. The fourth-order valence-electron chi connectivity index (χ4n) is 1.61. The standard InChI is InChI=1S/C12H14BrFN4/c1-8-6-17-18(7-8)3-2-16-12-4-9(13)10(14)5-11(12)15/h4-7,16H,2-3,15H2,1H3. The SMILES string of the molecule is Cc1cnn(CCNc2cc(Br)c(F)cc2N)c1. The van der Waals surface area contributed by atoms with Crippen LogP contribution < -0.4 is 11.1 Å². The molecule has 0 saturated heterocycles. The van der Waals surface area contributed by atoms with Gasteiger partial charge in [-0.3, -0.25) is 4.68 Å². The van der Waals surface area contributed by atoms with Gasteiger partial charge in [0.05, 0.1) is 28.6 Å². The van der Waals surface area contributed by atoms with E-state index in [1.54, 1.807) is 6.07 Å². The number of anilines is 2. The molecule has 0 bridgehead atoms. The Hall–Kier alpha value is -1.56. The van der Waals surface area contributed by atoms with Crippen LogP contribution in [0, 0.1) is 12.7 Å². The monoisotopic (exact) mass is 312 g/mol. The number of hydrogen-bond acceptors (Lipinski definition) is 3. The van der Waals surface area contributed by atoms with Crippen LogP contribution >= 0.6 is 15.9 Å². The Morgan fingerprint density at radius 3 is 2.94 bits per heavy atom. The lowest BCUT2D eigenvalue weighted by molar-refractivity contribution is 0.621. The minimum Gasteiger partial charge on any atom is -0.397 e. The number of nitrogens with two attached hydrogens (primary N) is 1. The predicted molar refractivity (Wildman–Crippen MR) is 74.0 cm³/mol. The number of aryl methyl sites for hydroxylation is 1. The van der Waals surface area contributed by atoms with Gasteiger partial charge in [0.1, 0.15) is 5.82 Å². The lowest BCUT2D eigenvalue weighted by Crippen LogP contribution is -2.12. The number of nitrogen functional groups attached to an aromatic ring is 1. The average Bonchev–Trinajstić information content (AvgIpc) is 2.71. The summed E-state index contributed by atoms with van der Waals surface area (Å²) >= 11 is 3.13. The van der Waals surface area contributed by atoms with Gasteiger partial charge in [0.2, 0.25) is 0 Å². The summed E-state index contributed by atoms with van der Waals surface area (Å²) in [6.45, 7) is 3.39. The van der Waals surface area contributed by atoms with Crippen LogP contribution in [-0.4, -0.2) is 16.3 Å². The number of benzene rings is 1. The Kier molecular flexibility index (Phi) is 3.86. The van der Waals surface area contributed by atoms with Crippen molar-refractivity contribution in [3.05, 3.63) is 40.4 Å². The van der Waals surface area contributed by atoms with Crippen molar-refractivity contribution >= 4 is 27.3 Å². The van der Waals surface area contributed by atoms with E-state index in [4.69, 9.17) is 5.73 Å². The first-order valence-corrected chi connectivity index (χ1v) is 6.33. The van der Waals surface area contributed by atoms with Crippen molar-refractivity contribution < 1.29 is 4.39 Å². The second-order valence-electron chi connectivity index (χ2n) is 4.06. The third-order valence-electron chi connectivity index (χ3n) is 2.51. The molecule has 18 heavy (non-hydrogen) atoms. The van der Waals surface area contributed by atoms with Gasteiger partial charge in [-0.1, -0.05) is 0 Å².